The van der Waals surface area contributed by atoms with Crippen LogP contribution in [0.3, 0.4) is 0 Å². The van der Waals surface area contributed by atoms with Gasteiger partial charge >= 0.3 is 0 Å². The summed E-state index contributed by atoms with van der Waals surface area (Å²) in [6.07, 6.45) is 2.13. The summed E-state index contributed by atoms with van der Waals surface area (Å²) in [5.74, 6) is 0. The second-order valence-corrected chi connectivity index (χ2v) is 4.03. The molecule has 0 aromatic carbocycles. The van der Waals surface area contributed by atoms with E-state index >= 15 is 0 Å². The molecule has 3 nitrogen and oxygen atoms in total. The van der Waals surface area contributed by atoms with Crippen molar-refractivity contribution >= 4 is 0 Å². The third kappa shape index (κ3) is 2.34. The van der Waals surface area contributed by atoms with E-state index in [4.69, 9.17) is 5.26 Å². The van der Waals surface area contributed by atoms with Gasteiger partial charge in [0.25, 0.3) is 0 Å². The van der Waals surface area contributed by atoms with Crippen molar-refractivity contribution in [3.63, 3.8) is 0 Å². The molecule has 1 aliphatic rings. The van der Waals surface area contributed by atoms with Crippen molar-refractivity contribution in [2.24, 2.45) is 0 Å². The lowest BCUT2D eigenvalue weighted by Gasteiger charge is -2.18. The molecule has 1 atom stereocenters. The van der Waals surface area contributed by atoms with Gasteiger partial charge < -0.3 is 0 Å². The van der Waals surface area contributed by atoms with Crippen molar-refractivity contribution in [1.82, 2.24) is 9.88 Å². The summed E-state index contributed by atoms with van der Waals surface area (Å²) in [6, 6.07) is 8.48. The van der Waals surface area contributed by atoms with Crippen molar-refractivity contribution in [3.8, 4) is 6.07 Å². The molecule has 1 aromatic rings. The Hall–Kier alpha value is -1.40. The summed E-state index contributed by atoms with van der Waals surface area (Å²) in [5, 5.41) is 8.96. The molecule has 0 amide bonds. The summed E-state index contributed by atoms with van der Waals surface area (Å²) in [5.41, 5.74) is 2.11. The monoisotopic (exact) mass is 201 g/mol. The zero-order valence-electron chi connectivity index (χ0n) is 8.98. The van der Waals surface area contributed by atoms with Crippen LogP contribution in [-0.4, -0.2) is 22.5 Å². The average molecular weight is 201 g/mol. The van der Waals surface area contributed by atoms with Gasteiger partial charge in [0.1, 0.15) is 0 Å². The van der Waals surface area contributed by atoms with E-state index in [0.29, 0.717) is 0 Å². The van der Waals surface area contributed by atoms with Crippen molar-refractivity contribution < 1.29 is 0 Å². The minimum absolute atomic E-state index is 0.0901. The van der Waals surface area contributed by atoms with Crippen LogP contribution in [0.15, 0.2) is 18.2 Å². The van der Waals surface area contributed by atoms with E-state index in [9.17, 15) is 0 Å². The zero-order chi connectivity index (χ0) is 10.7. The van der Waals surface area contributed by atoms with E-state index in [2.05, 4.69) is 16.0 Å². The maximum absolute atomic E-state index is 8.96. The summed E-state index contributed by atoms with van der Waals surface area (Å²) in [6.45, 7) is 3.82. The van der Waals surface area contributed by atoms with Gasteiger partial charge in [-0.15, -0.1) is 0 Å². The van der Waals surface area contributed by atoms with Crippen molar-refractivity contribution in [3.05, 3.63) is 29.6 Å². The van der Waals surface area contributed by atoms with E-state index in [0.717, 1.165) is 37.3 Å². The highest BCUT2D eigenvalue weighted by Gasteiger charge is 2.24. The highest BCUT2D eigenvalue weighted by molar-refractivity contribution is 5.11. The van der Waals surface area contributed by atoms with Gasteiger partial charge in [-0.3, -0.25) is 9.88 Å². The van der Waals surface area contributed by atoms with Gasteiger partial charge in [0.2, 0.25) is 0 Å². The van der Waals surface area contributed by atoms with Gasteiger partial charge in [-0.05, 0) is 38.4 Å². The second-order valence-electron chi connectivity index (χ2n) is 4.03. The molecular formula is C12H15N3. The van der Waals surface area contributed by atoms with Crippen LogP contribution >= 0.6 is 0 Å². The van der Waals surface area contributed by atoms with Crippen LogP contribution in [-0.2, 0) is 6.54 Å². The minimum Gasteiger partial charge on any atom is -0.282 e. The molecule has 0 spiro atoms. The Balaban J connectivity index is 2.06. The van der Waals surface area contributed by atoms with Crippen molar-refractivity contribution in [2.45, 2.75) is 32.4 Å². The van der Waals surface area contributed by atoms with E-state index in [1.807, 2.05) is 25.1 Å². The van der Waals surface area contributed by atoms with Gasteiger partial charge in [0.05, 0.1) is 17.8 Å². The fourth-order valence-electron chi connectivity index (χ4n) is 2.06. The topological polar surface area (TPSA) is 39.9 Å². The molecule has 2 rings (SSSR count). The van der Waals surface area contributed by atoms with Crippen LogP contribution in [0, 0.1) is 18.3 Å². The maximum atomic E-state index is 8.96. The highest BCUT2D eigenvalue weighted by atomic mass is 15.2. The molecular weight excluding hydrogens is 186 g/mol. The molecule has 1 aliphatic heterocycles. The van der Waals surface area contributed by atoms with Crippen molar-refractivity contribution in [2.75, 3.05) is 6.54 Å². The lowest BCUT2D eigenvalue weighted by Crippen LogP contribution is -2.27. The Morgan fingerprint density at radius 1 is 1.60 bits per heavy atom. The van der Waals surface area contributed by atoms with Crippen LogP contribution in [0.4, 0.5) is 0 Å². The number of aryl methyl sites for hydroxylation is 1. The smallest absolute Gasteiger partial charge is 0.0981 e. The number of likely N-dealkylation sites (tertiary alicyclic amines) is 1. The Labute approximate surface area is 90.4 Å². The normalized spacial score (nSPS) is 21.5. The standard InChI is InChI=1S/C12H15N3/c1-10-4-2-5-11(14-10)9-15-7-3-6-12(15)8-13/h2,4-5,12H,3,6-7,9H2,1H3. The summed E-state index contributed by atoms with van der Waals surface area (Å²) in [7, 11) is 0. The minimum atomic E-state index is 0.0901. The lowest BCUT2D eigenvalue weighted by atomic mass is 10.2. The van der Waals surface area contributed by atoms with Crippen LogP contribution in [0.1, 0.15) is 24.2 Å². The molecule has 0 saturated carbocycles. The van der Waals surface area contributed by atoms with Gasteiger partial charge in [0.15, 0.2) is 0 Å². The lowest BCUT2D eigenvalue weighted by molar-refractivity contribution is 0.283. The second kappa shape index (κ2) is 4.41. The third-order valence-corrected chi connectivity index (χ3v) is 2.82. The zero-order valence-corrected chi connectivity index (χ0v) is 8.98. The average Bonchev–Trinajstić information content (AvgIpc) is 2.65. The van der Waals surface area contributed by atoms with E-state index < -0.39 is 0 Å². The van der Waals surface area contributed by atoms with E-state index in [-0.39, 0.29) is 6.04 Å². The molecule has 15 heavy (non-hydrogen) atoms. The molecule has 0 radical (unpaired) electrons. The maximum Gasteiger partial charge on any atom is 0.0981 e. The van der Waals surface area contributed by atoms with Crippen LogP contribution in [0.5, 0.6) is 0 Å². The molecule has 1 unspecified atom stereocenters. The quantitative estimate of drug-likeness (QED) is 0.733. The van der Waals surface area contributed by atoms with Gasteiger partial charge in [-0.2, -0.15) is 5.26 Å². The molecule has 1 fully saturated rings. The van der Waals surface area contributed by atoms with Crippen LogP contribution in [0.25, 0.3) is 0 Å². The SMILES string of the molecule is Cc1cccc(CN2CCCC2C#N)n1. The summed E-state index contributed by atoms with van der Waals surface area (Å²) in [4.78, 5) is 6.66. The molecule has 0 bridgehead atoms. The molecule has 0 aliphatic carbocycles. The molecule has 3 heteroatoms. The van der Waals surface area contributed by atoms with Gasteiger partial charge in [-0.25, -0.2) is 0 Å². The van der Waals surface area contributed by atoms with E-state index in [1.54, 1.807) is 0 Å². The number of hydrogen-bond donors (Lipinski definition) is 0. The highest BCUT2D eigenvalue weighted by Crippen LogP contribution is 2.18. The molecule has 2 heterocycles. The summed E-state index contributed by atoms with van der Waals surface area (Å²) >= 11 is 0. The van der Waals surface area contributed by atoms with Crippen molar-refractivity contribution in [1.29, 1.82) is 5.26 Å². The first-order valence-corrected chi connectivity index (χ1v) is 5.36. The number of rotatable bonds is 2. The Morgan fingerprint density at radius 3 is 3.20 bits per heavy atom. The molecule has 0 N–H and O–H groups in total. The number of nitrogens with zero attached hydrogens (tertiary/aromatic N) is 3. The molecule has 78 valence electrons. The first-order chi connectivity index (χ1) is 7.29. The number of pyridine rings is 1. The first-order valence-electron chi connectivity index (χ1n) is 5.36. The van der Waals surface area contributed by atoms with E-state index in [1.165, 1.54) is 0 Å². The predicted molar refractivity (Wildman–Crippen MR) is 58.0 cm³/mol. The molecule has 1 aromatic heterocycles. The number of nitriles is 1. The summed E-state index contributed by atoms with van der Waals surface area (Å²) < 4.78 is 0. The first kappa shape index (κ1) is 10.1. The Kier molecular flexibility index (Phi) is 2.98. The molecule has 1 saturated heterocycles. The number of hydrogen-bond acceptors (Lipinski definition) is 3. The van der Waals surface area contributed by atoms with Crippen LogP contribution < -0.4 is 0 Å². The largest absolute Gasteiger partial charge is 0.282 e. The number of aromatic nitrogens is 1. The fraction of sp³-hybridized carbons (Fsp3) is 0.500. The van der Waals surface area contributed by atoms with Gasteiger partial charge in [-0.1, -0.05) is 6.07 Å². The third-order valence-electron chi connectivity index (χ3n) is 2.82. The fourth-order valence-corrected chi connectivity index (χ4v) is 2.06. The Bertz CT molecular complexity index is 381. The Morgan fingerprint density at radius 2 is 2.47 bits per heavy atom. The van der Waals surface area contributed by atoms with Gasteiger partial charge in [0, 0.05) is 12.2 Å². The predicted octanol–water partition coefficient (Wildman–Crippen LogP) is 1.88. The van der Waals surface area contributed by atoms with Crippen LogP contribution in [0.2, 0.25) is 0 Å².